The van der Waals surface area contributed by atoms with Crippen LogP contribution >= 0.6 is 0 Å². The van der Waals surface area contributed by atoms with E-state index in [1.807, 2.05) is 19.2 Å². The largest absolute Gasteiger partial charge is 0.384 e. The van der Waals surface area contributed by atoms with Crippen molar-refractivity contribution in [1.29, 1.82) is 0 Å². The lowest BCUT2D eigenvalue weighted by Gasteiger charge is -2.22. The molecule has 3 nitrogen and oxygen atoms in total. The van der Waals surface area contributed by atoms with Gasteiger partial charge in [0.25, 0.3) is 0 Å². The van der Waals surface area contributed by atoms with Gasteiger partial charge < -0.3 is 15.0 Å². The Morgan fingerprint density at radius 3 is 2.95 bits per heavy atom. The van der Waals surface area contributed by atoms with Gasteiger partial charge in [-0.15, -0.1) is 0 Å². The molecular weight excluding hydrogens is 255 g/mol. The summed E-state index contributed by atoms with van der Waals surface area (Å²) in [7, 11) is 3.66. The number of ether oxygens (including phenoxy) is 1. The van der Waals surface area contributed by atoms with Crippen LogP contribution in [0.3, 0.4) is 0 Å². The predicted molar refractivity (Wildman–Crippen MR) is 79.2 cm³/mol. The summed E-state index contributed by atoms with van der Waals surface area (Å²) in [6, 6.07) is 7.12. The summed E-state index contributed by atoms with van der Waals surface area (Å²) in [6.07, 6.45) is 2.13. The van der Waals surface area contributed by atoms with Gasteiger partial charge in [-0.25, -0.2) is 4.39 Å². The molecule has 4 heteroatoms. The maximum absolute atomic E-state index is 13.8. The van der Waals surface area contributed by atoms with E-state index in [9.17, 15) is 4.39 Å². The van der Waals surface area contributed by atoms with E-state index in [0.29, 0.717) is 5.92 Å². The van der Waals surface area contributed by atoms with Gasteiger partial charge in [0.15, 0.2) is 0 Å². The van der Waals surface area contributed by atoms with Crippen molar-refractivity contribution in [1.82, 2.24) is 10.2 Å². The highest BCUT2D eigenvalue weighted by Crippen LogP contribution is 2.22. The van der Waals surface area contributed by atoms with Crippen LogP contribution in [0.1, 0.15) is 24.4 Å². The molecule has 112 valence electrons. The molecular formula is C16H25FN2O. The average Bonchev–Trinajstić information content (AvgIpc) is 2.89. The van der Waals surface area contributed by atoms with E-state index in [0.717, 1.165) is 38.2 Å². The molecule has 2 unspecified atom stereocenters. The van der Waals surface area contributed by atoms with E-state index >= 15 is 0 Å². The van der Waals surface area contributed by atoms with Crippen LogP contribution in [-0.4, -0.2) is 45.3 Å². The molecule has 0 bridgehead atoms. The zero-order valence-electron chi connectivity index (χ0n) is 12.4. The van der Waals surface area contributed by atoms with Crippen molar-refractivity contribution < 1.29 is 9.13 Å². The fourth-order valence-corrected chi connectivity index (χ4v) is 3.01. The normalized spacial score (nSPS) is 21.2. The number of benzene rings is 1. The first-order valence-electron chi connectivity index (χ1n) is 7.37. The third kappa shape index (κ3) is 4.01. The summed E-state index contributed by atoms with van der Waals surface area (Å²) in [5, 5.41) is 3.23. The fourth-order valence-electron chi connectivity index (χ4n) is 3.01. The van der Waals surface area contributed by atoms with Crippen LogP contribution in [0.2, 0.25) is 0 Å². The molecule has 0 radical (unpaired) electrons. The molecule has 1 N–H and O–H groups in total. The molecule has 0 spiro atoms. The van der Waals surface area contributed by atoms with E-state index in [4.69, 9.17) is 4.74 Å². The van der Waals surface area contributed by atoms with Crippen molar-refractivity contribution in [3.8, 4) is 0 Å². The summed E-state index contributed by atoms with van der Waals surface area (Å²) >= 11 is 0. The van der Waals surface area contributed by atoms with Crippen LogP contribution in [0.25, 0.3) is 0 Å². The Hall–Kier alpha value is -0.970. The molecule has 1 saturated heterocycles. The molecule has 0 aliphatic carbocycles. The molecule has 1 fully saturated rings. The molecule has 0 amide bonds. The monoisotopic (exact) mass is 280 g/mol. The topological polar surface area (TPSA) is 24.5 Å². The molecule has 20 heavy (non-hydrogen) atoms. The highest BCUT2D eigenvalue weighted by molar-refractivity contribution is 5.21. The number of likely N-dealkylation sites (tertiary alicyclic amines) is 1. The van der Waals surface area contributed by atoms with Crippen molar-refractivity contribution in [2.45, 2.75) is 18.9 Å². The number of rotatable bonds is 7. The molecule has 2 rings (SSSR count). The van der Waals surface area contributed by atoms with Crippen LogP contribution in [0.4, 0.5) is 4.39 Å². The summed E-state index contributed by atoms with van der Waals surface area (Å²) < 4.78 is 19.0. The van der Waals surface area contributed by atoms with Gasteiger partial charge in [0.2, 0.25) is 0 Å². The van der Waals surface area contributed by atoms with Gasteiger partial charge in [-0.3, -0.25) is 0 Å². The zero-order valence-corrected chi connectivity index (χ0v) is 12.4. The van der Waals surface area contributed by atoms with Crippen molar-refractivity contribution in [2.24, 2.45) is 5.92 Å². The zero-order chi connectivity index (χ0) is 14.4. The molecule has 1 aliphatic heterocycles. The summed E-state index contributed by atoms with van der Waals surface area (Å²) in [4.78, 5) is 2.45. The molecule has 0 saturated carbocycles. The van der Waals surface area contributed by atoms with Gasteiger partial charge in [-0.05, 0) is 45.0 Å². The van der Waals surface area contributed by atoms with Crippen molar-refractivity contribution in [3.05, 3.63) is 35.6 Å². The summed E-state index contributed by atoms with van der Waals surface area (Å²) in [5.74, 6) is 0.534. The third-order valence-corrected chi connectivity index (χ3v) is 4.14. The number of nitrogens with zero attached hydrogens (tertiary/aromatic N) is 1. The van der Waals surface area contributed by atoms with E-state index in [1.54, 1.807) is 13.2 Å². The first-order chi connectivity index (χ1) is 9.74. The fraction of sp³-hybridized carbons (Fsp3) is 0.625. The van der Waals surface area contributed by atoms with Crippen LogP contribution in [0.15, 0.2) is 24.3 Å². The molecule has 0 aromatic heterocycles. The smallest absolute Gasteiger partial charge is 0.127 e. The van der Waals surface area contributed by atoms with Gasteiger partial charge in [0.1, 0.15) is 5.82 Å². The highest BCUT2D eigenvalue weighted by atomic mass is 19.1. The molecule has 1 aromatic rings. The number of halogens is 1. The Morgan fingerprint density at radius 1 is 1.45 bits per heavy atom. The number of methoxy groups -OCH3 is 1. The van der Waals surface area contributed by atoms with Crippen molar-refractivity contribution >= 4 is 0 Å². The molecule has 2 atom stereocenters. The first-order valence-corrected chi connectivity index (χ1v) is 7.37. The van der Waals surface area contributed by atoms with Crippen molar-refractivity contribution in [3.63, 3.8) is 0 Å². The average molecular weight is 280 g/mol. The molecule has 1 heterocycles. The second-order valence-corrected chi connectivity index (χ2v) is 5.56. The summed E-state index contributed by atoms with van der Waals surface area (Å²) in [5.41, 5.74) is 0.766. The van der Waals surface area contributed by atoms with Gasteiger partial charge in [-0.2, -0.15) is 0 Å². The Labute approximate surface area is 121 Å². The third-order valence-electron chi connectivity index (χ3n) is 4.14. The number of hydrogen-bond donors (Lipinski definition) is 1. The van der Waals surface area contributed by atoms with E-state index in [2.05, 4.69) is 10.2 Å². The quantitative estimate of drug-likeness (QED) is 0.830. The first kappa shape index (κ1) is 15.4. The van der Waals surface area contributed by atoms with Gasteiger partial charge in [-0.1, -0.05) is 18.2 Å². The lowest BCUT2D eigenvalue weighted by atomic mass is 10.0. The Bertz CT molecular complexity index is 413. The minimum absolute atomic E-state index is 0.0812. The van der Waals surface area contributed by atoms with Gasteiger partial charge in [0, 0.05) is 25.3 Å². The Morgan fingerprint density at radius 2 is 2.25 bits per heavy atom. The lowest BCUT2D eigenvalue weighted by Crippen LogP contribution is -2.27. The maximum Gasteiger partial charge on any atom is 0.127 e. The highest BCUT2D eigenvalue weighted by Gasteiger charge is 2.23. The van der Waals surface area contributed by atoms with Crippen LogP contribution in [0.5, 0.6) is 0 Å². The van der Waals surface area contributed by atoms with E-state index in [1.165, 1.54) is 12.5 Å². The van der Waals surface area contributed by atoms with Crippen molar-refractivity contribution in [2.75, 3.05) is 40.4 Å². The van der Waals surface area contributed by atoms with Gasteiger partial charge in [0.05, 0.1) is 6.61 Å². The van der Waals surface area contributed by atoms with Crippen LogP contribution in [0, 0.1) is 11.7 Å². The lowest BCUT2D eigenvalue weighted by molar-refractivity contribution is 0.152. The Kier molecular flexibility index (Phi) is 5.95. The standard InChI is InChI=1S/C16H25FN2O/c1-18-16(14-5-3-4-6-15(14)17)8-10-19-9-7-13(11-19)12-20-2/h3-6,13,16,18H,7-12H2,1-2H3. The minimum Gasteiger partial charge on any atom is -0.384 e. The molecule has 1 aliphatic rings. The molecule has 1 aromatic carbocycles. The van der Waals surface area contributed by atoms with Crippen LogP contribution < -0.4 is 5.32 Å². The predicted octanol–water partition coefficient (Wildman–Crippen LogP) is 2.44. The maximum atomic E-state index is 13.8. The van der Waals surface area contributed by atoms with E-state index < -0.39 is 0 Å². The van der Waals surface area contributed by atoms with Crippen LogP contribution in [-0.2, 0) is 4.74 Å². The Balaban J connectivity index is 1.85. The minimum atomic E-state index is -0.120. The number of hydrogen-bond acceptors (Lipinski definition) is 3. The second-order valence-electron chi connectivity index (χ2n) is 5.56. The SMILES string of the molecule is CNC(CCN1CCC(COC)C1)c1ccccc1F. The van der Waals surface area contributed by atoms with Gasteiger partial charge >= 0.3 is 0 Å². The second kappa shape index (κ2) is 7.72. The van der Waals surface area contributed by atoms with E-state index in [-0.39, 0.29) is 11.9 Å². The summed E-state index contributed by atoms with van der Waals surface area (Å²) in [6.45, 7) is 4.07. The number of nitrogens with one attached hydrogen (secondary N) is 1.